The summed E-state index contributed by atoms with van der Waals surface area (Å²) < 4.78 is 32.1. The lowest BCUT2D eigenvalue weighted by atomic mass is 10.3. The standard InChI is InChI=1S/C13H22N2O3S/c1-3-11-5-6-12(18-11)9-15-8-7-13(10-15)19(16,17)14-4-2/h5-6,13-14H,3-4,7-10H2,1-2H3/t13-/m0/s1. The molecule has 0 spiro atoms. The van der Waals surface area contributed by atoms with Gasteiger partial charge in [-0.05, 0) is 18.6 Å². The van der Waals surface area contributed by atoms with E-state index in [1.165, 1.54) is 0 Å². The molecule has 0 unspecified atom stereocenters. The van der Waals surface area contributed by atoms with Gasteiger partial charge in [-0.1, -0.05) is 13.8 Å². The minimum atomic E-state index is -3.16. The maximum atomic E-state index is 11.9. The number of furan rings is 1. The predicted molar refractivity (Wildman–Crippen MR) is 74.4 cm³/mol. The zero-order valence-corrected chi connectivity index (χ0v) is 12.4. The molecular formula is C13H22N2O3S. The van der Waals surface area contributed by atoms with Crippen LogP contribution in [0.5, 0.6) is 0 Å². The van der Waals surface area contributed by atoms with Gasteiger partial charge in [-0.3, -0.25) is 4.90 Å². The summed E-state index contributed by atoms with van der Waals surface area (Å²) in [6.45, 7) is 6.39. The van der Waals surface area contributed by atoms with Crippen molar-refractivity contribution in [2.45, 2.75) is 38.5 Å². The highest BCUT2D eigenvalue weighted by atomic mass is 32.2. The maximum Gasteiger partial charge on any atom is 0.215 e. The quantitative estimate of drug-likeness (QED) is 0.857. The minimum absolute atomic E-state index is 0.298. The average molecular weight is 286 g/mol. The molecule has 1 fully saturated rings. The van der Waals surface area contributed by atoms with Gasteiger partial charge < -0.3 is 4.42 Å². The van der Waals surface area contributed by atoms with Crippen LogP contribution < -0.4 is 4.72 Å². The molecule has 1 aliphatic heterocycles. The monoisotopic (exact) mass is 286 g/mol. The lowest BCUT2D eigenvalue weighted by Gasteiger charge is -2.15. The summed E-state index contributed by atoms with van der Waals surface area (Å²) in [7, 11) is -3.16. The van der Waals surface area contributed by atoms with Crippen LogP contribution in [0.15, 0.2) is 16.5 Å². The van der Waals surface area contributed by atoms with E-state index in [0.717, 1.165) is 24.5 Å². The summed E-state index contributed by atoms with van der Waals surface area (Å²) >= 11 is 0. The molecule has 1 aliphatic rings. The molecule has 1 atom stereocenters. The summed E-state index contributed by atoms with van der Waals surface area (Å²) in [5.74, 6) is 1.89. The van der Waals surface area contributed by atoms with E-state index in [1.54, 1.807) is 6.92 Å². The largest absolute Gasteiger partial charge is 0.465 e. The van der Waals surface area contributed by atoms with Crippen LogP contribution in [0.25, 0.3) is 0 Å². The van der Waals surface area contributed by atoms with Crippen LogP contribution in [0.4, 0.5) is 0 Å². The number of sulfonamides is 1. The van der Waals surface area contributed by atoms with Crippen LogP contribution >= 0.6 is 0 Å². The summed E-state index contributed by atoms with van der Waals surface area (Å²) in [5.41, 5.74) is 0. The predicted octanol–water partition coefficient (Wildman–Crippen LogP) is 1.36. The van der Waals surface area contributed by atoms with Crippen LogP contribution in [0.3, 0.4) is 0 Å². The fraction of sp³-hybridized carbons (Fsp3) is 0.692. The molecule has 0 aromatic carbocycles. The van der Waals surface area contributed by atoms with Crippen molar-refractivity contribution in [1.29, 1.82) is 0 Å². The Hall–Kier alpha value is -0.850. The number of hydrogen-bond acceptors (Lipinski definition) is 4. The van der Waals surface area contributed by atoms with Crippen molar-refractivity contribution in [2.24, 2.45) is 0 Å². The molecule has 1 aromatic rings. The van der Waals surface area contributed by atoms with Crippen LogP contribution in [0, 0.1) is 0 Å². The van der Waals surface area contributed by atoms with Crippen molar-refractivity contribution >= 4 is 10.0 Å². The Bertz CT molecular complexity index is 510. The van der Waals surface area contributed by atoms with E-state index in [9.17, 15) is 8.42 Å². The molecule has 0 amide bonds. The number of rotatable bonds is 6. The highest BCUT2D eigenvalue weighted by molar-refractivity contribution is 7.90. The Labute approximate surface area is 115 Å². The second kappa shape index (κ2) is 6.07. The Morgan fingerprint density at radius 3 is 2.74 bits per heavy atom. The van der Waals surface area contributed by atoms with Gasteiger partial charge in [-0.2, -0.15) is 0 Å². The van der Waals surface area contributed by atoms with E-state index < -0.39 is 10.0 Å². The Morgan fingerprint density at radius 2 is 2.11 bits per heavy atom. The molecule has 0 aliphatic carbocycles. The molecule has 108 valence electrons. The molecule has 0 radical (unpaired) electrons. The van der Waals surface area contributed by atoms with Gasteiger partial charge in [0.15, 0.2) is 0 Å². The fourth-order valence-corrected chi connectivity index (χ4v) is 3.89. The van der Waals surface area contributed by atoms with Crippen molar-refractivity contribution in [1.82, 2.24) is 9.62 Å². The number of likely N-dealkylation sites (tertiary alicyclic amines) is 1. The van der Waals surface area contributed by atoms with E-state index in [2.05, 4.69) is 16.5 Å². The Kier molecular flexibility index (Phi) is 4.65. The number of nitrogens with one attached hydrogen (secondary N) is 1. The van der Waals surface area contributed by atoms with Crippen LogP contribution in [-0.4, -0.2) is 38.2 Å². The molecule has 1 aromatic heterocycles. The van der Waals surface area contributed by atoms with Crippen molar-refractivity contribution in [3.05, 3.63) is 23.7 Å². The van der Waals surface area contributed by atoms with Crippen molar-refractivity contribution in [3.8, 4) is 0 Å². The zero-order chi connectivity index (χ0) is 13.9. The van der Waals surface area contributed by atoms with E-state index in [1.807, 2.05) is 12.1 Å². The third kappa shape index (κ3) is 3.58. The molecule has 5 nitrogen and oxygen atoms in total. The van der Waals surface area contributed by atoms with Crippen LogP contribution in [-0.2, 0) is 23.0 Å². The number of aryl methyl sites for hydroxylation is 1. The first-order chi connectivity index (χ1) is 9.05. The van der Waals surface area contributed by atoms with Gasteiger partial charge in [0.05, 0.1) is 11.8 Å². The first-order valence-corrected chi connectivity index (χ1v) is 8.38. The second-order valence-corrected chi connectivity index (χ2v) is 6.96. The molecule has 1 saturated heterocycles. The Morgan fingerprint density at radius 1 is 1.37 bits per heavy atom. The number of hydrogen-bond donors (Lipinski definition) is 1. The lowest BCUT2D eigenvalue weighted by Crippen LogP contribution is -2.36. The maximum absolute atomic E-state index is 11.9. The normalized spacial score (nSPS) is 21.1. The van der Waals surface area contributed by atoms with Gasteiger partial charge in [0, 0.05) is 26.1 Å². The summed E-state index contributed by atoms with van der Waals surface area (Å²) in [6, 6.07) is 3.96. The molecule has 0 saturated carbocycles. The highest BCUT2D eigenvalue weighted by Gasteiger charge is 2.32. The third-order valence-electron chi connectivity index (χ3n) is 3.46. The van der Waals surface area contributed by atoms with Crippen molar-refractivity contribution in [3.63, 3.8) is 0 Å². The minimum Gasteiger partial charge on any atom is -0.465 e. The van der Waals surface area contributed by atoms with Crippen LogP contribution in [0.1, 0.15) is 31.8 Å². The second-order valence-electron chi connectivity index (χ2n) is 4.91. The molecule has 6 heteroatoms. The molecule has 0 bridgehead atoms. The SMILES string of the molecule is CCNS(=O)(=O)[C@H]1CCN(Cc2ccc(CC)o2)C1. The van der Waals surface area contributed by atoms with E-state index in [0.29, 0.717) is 26.1 Å². The molecular weight excluding hydrogens is 264 g/mol. The van der Waals surface area contributed by atoms with Crippen molar-refractivity contribution < 1.29 is 12.8 Å². The lowest BCUT2D eigenvalue weighted by molar-refractivity contribution is 0.293. The molecule has 2 rings (SSSR count). The molecule has 2 heterocycles. The van der Waals surface area contributed by atoms with Crippen molar-refractivity contribution in [2.75, 3.05) is 19.6 Å². The van der Waals surface area contributed by atoms with E-state index in [-0.39, 0.29) is 5.25 Å². The third-order valence-corrected chi connectivity index (χ3v) is 5.41. The molecule has 19 heavy (non-hydrogen) atoms. The smallest absolute Gasteiger partial charge is 0.215 e. The van der Waals surface area contributed by atoms with Gasteiger partial charge in [-0.15, -0.1) is 0 Å². The van der Waals surface area contributed by atoms with Crippen LogP contribution in [0.2, 0.25) is 0 Å². The van der Waals surface area contributed by atoms with Gasteiger partial charge in [0.25, 0.3) is 0 Å². The van der Waals surface area contributed by atoms with Gasteiger partial charge in [0.2, 0.25) is 10.0 Å². The highest BCUT2D eigenvalue weighted by Crippen LogP contribution is 2.19. The van der Waals surface area contributed by atoms with E-state index >= 15 is 0 Å². The average Bonchev–Trinajstić information content (AvgIpc) is 2.99. The summed E-state index contributed by atoms with van der Waals surface area (Å²) in [6.07, 6.45) is 1.58. The zero-order valence-electron chi connectivity index (χ0n) is 11.6. The van der Waals surface area contributed by atoms with Gasteiger partial charge in [0.1, 0.15) is 11.5 Å². The van der Waals surface area contributed by atoms with Gasteiger partial charge in [-0.25, -0.2) is 13.1 Å². The Balaban J connectivity index is 1.92. The number of nitrogens with zero attached hydrogens (tertiary/aromatic N) is 1. The first-order valence-electron chi connectivity index (χ1n) is 6.83. The molecule has 1 N–H and O–H groups in total. The first kappa shape index (κ1) is 14.6. The summed E-state index contributed by atoms with van der Waals surface area (Å²) in [4.78, 5) is 2.14. The topological polar surface area (TPSA) is 62.6 Å². The van der Waals surface area contributed by atoms with Gasteiger partial charge >= 0.3 is 0 Å². The van der Waals surface area contributed by atoms with E-state index in [4.69, 9.17) is 4.42 Å². The summed E-state index contributed by atoms with van der Waals surface area (Å²) in [5, 5.41) is -0.298. The fourth-order valence-electron chi connectivity index (χ4n) is 2.43.